The van der Waals surface area contributed by atoms with Crippen molar-refractivity contribution in [3.05, 3.63) is 39.7 Å². The van der Waals surface area contributed by atoms with Crippen molar-refractivity contribution in [2.75, 3.05) is 13.1 Å². The van der Waals surface area contributed by atoms with Crippen LogP contribution in [0.5, 0.6) is 0 Å². The van der Waals surface area contributed by atoms with E-state index in [1.165, 1.54) is 17.8 Å². The highest BCUT2D eigenvalue weighted by atomic mass is 35.5. The van der Waals surface area contributed by atoms with Crippen LogP contribution in [-0.4, -0.2) is 18.1 Å². The van der Waals surface area contributed by atoms with E-state index in [9.17, 15) is 0 Å². The highest BCUT2D eigenvalue weighted by Gasteiger charge is 2.19. The van der Waals surface area contributed by atoms with Crippen LogP contribution in [0.3, 0.4) is 0 Å². The smallest absolute Gasteiger partial charge is 0.0964 e. The number of piperidine rings is 1. The zero-order valence-electron chi connectivity index (χ0n) is 10.4. The SMILES string of the molecule is Cl.Clc1ccccc1-c1csc(C2CCNCC2)n1. The van der Waals surface area contributed by atoms with E-state index in [1.807, 2.05) is 24.3 Å². The predicted octanol–water partition coefficient (Wildman–Crippen LogP) is 4.35. The molecule has 0 amide bonds. The molecule has 0 atom stereocenters. The molecular weight excluding hydrogens is 299 g/mol. The summed E-state index contributed by atoms with van der Waals surface area (Å²) in [6, 6.07) is 7.90. The van der Waals surface area contributed by atoms with E-state index in [0.29, 0.717) is 5.92 Å². The van der Waals surface area contributed by atoms with E-state index in [-0.39, 0.29) is 12.4 Å². The lowest BCUT2D eigenvalue weighted by Gasteiger charge is -2.20. The summed E-state index contributed by atoms with van der Waals surface area (Å²) >= 11 is 7.97. The fraction of sp³-hybridized carbons (Fsp3) is 0.357. The molecule has 1 aliphatic heterocycles. The average molecular weight is 315 g/mol. The second kappa shape index (κ2) is 6.71. The summed E-state index contributed by atoms with van der Waals surface area (Å²) in [4.78, 5) is 4.77. The number of hydrogen-bond donors (Lipinski definition) is 1. The van der Waals surface area contributed by atoms with E-state index >= 15 is 0 Å². The molecule has 102 valence electrons. The maximum absolute atomic E-state index is 6.21. The Bertz CT molecular complexity index is 536. The molecule has 2 heterocycles. The van der Waals surface area contributed by atoms with Crippen LogP contribution in [0.15, 0.2) is 29.6 Å². The van der Waals surface area contributed by atoms with E-state index < -0.39 is 0 Å². The number of nitrogens with one attached hydrogen (secondary N) is 1. The van der Waals surface area contributed by atoms with Gasteiger partial charge in [0.1, 0.15) is 0 Å². The second-order valence-electron chi connectivity index (χ2n) is 4.58. The number of rotatable bonds is 2. The standard InChI is InChI=1S/C14H15ClN2S.ClH/c15-12-4-2-1-3-11(12)13-9-18-14(17-13)10-5-7-16-8-6-10;/h1-4,9-10,16H,5-8H2;1H. The van der Waals surface area contributed by atoms with Crippen LogP contribution in [-0.2, 0) is 0 Å². The molecule has 0 unspecified atom stereocenters. The van der Waals surface area contributed by atoms with E-state index in [1.54, 1.807) is 11.3 Å². The molecule has 19 heavy (non-hydrogen) atoms. The molecule has 2 aromatic rings. The summed E-state index contributed by atoms with van der Waals surface area (Å²) in [6.45, 7) is 2.21. The van der Waals surface area contributed by atoms with Crippen LogP contribution in [0.2, 0.25) is 5.02 Å². The quantitative estimate of drug-likeness (QED) is 0.891. The molecule has 1 aliphatic rings. The topological polar surface area (TPSA) is 24.9 Å². The molecule has 0 aliphatic carbocycles. The van der Waals surface area contributed by atoms with E-state index in [4.69, 9.17) is 16.6 Å². The molecule has 1 N–H and O–H groups in total. The summed E-state index contributed by atoms with van der Waals surface area (Å²) in [6.07, 6.45) is 2.38. The second-order valence-corrected chi connectivity index (χ2v) is 5.87. The van der Waals surface area contributed by atoms with Crippen LogP contribution in [0.1, 0.15) is 23.8 Å². The van der Waals surface area contributed by atoms with Crippen molar-refractivity contribution in [2.45, 2.75) is 18.8 Å². The van der Waals surface area contributed by atoms with Gasteiger partial charge in [-0.2, -0.15) is 0 Å². The van der Waals surface area contributed by atoms with Gasteiger partial charge in [0.05, 0.1) is 10.7 Å². The normalized spacial score (nSPS) is 16.1. The first-order valence-corrected chi connectivity index (χ1v) is 7.51. The van der Waals surface area contributed by atoms with Gasteiger partial charge in [-0.1, -0.05) is 29.8 Å². The van der Waals surface area contributed by atoms with Crippen LogP contribution in [0.4, 0.5) is 0 Å². The molecule has 0 bridgehead atoms. The zero-order valence-corrected chi connectivity index (χ0v) is 12.8. The zero-order chi connectivity index (χ0) is 12.4. The van der Waals surface area contributed by atoms with Gasteiger partial charge >= 0.3 is 0 Å². The average Bonchev–Trinajstić information content (AvgIpc) is 2.90. The minimum atomic E-state index is 0. The van der Waals surface area contributed by atoms with Crippen molar-refractivity contribution in [1.82, 2.24) is 10.3 Å². The predicted molar refractivity (Wildman–Crippen MR) is 84.7 cm³/mol. The number of nitrogens with zero attached hydrogens (tertiary/aromatic N) is 1. The number of halogens is 2. The fourth-order valence-electron chi connectivity index (χ4n) is 2.34. The minimum Gasteiger partial charge on any atom is -0.317 e. The maximum atomic E-state index is 6.21. The van der Waals surface area contributed by atoms with Gasteiger partial charge in [0.15, 0.2) is 0 Å². The van der Waals surface area contributed by atoms with Gasteiger partial charge < -0.3 is 5.32 Å². The molecule has 0 saturated carbocycles. The monoisotopic (exact) mass is 314 g/mol. The van der Waals surface area contributed by atoms with Crippen molar-refractivity contribution in [1.29, 1.82) is 0 Å². The van der Waals surface area contributed by atoms with Crippen molar-refractivity contribution < 1.29 is 0 Å². The number of benzene rings is 1. The Morgan fingerprint density at radius 3 is 2.68 bits per heavy atom. The van der Waals surface area contributed by atoms with Gasteiger partial charge in [0.2, 0.25) is 0 Å². The number of hydrogen-bond acceptors (Lipinski definition) is 3. The lowest BCUT2D eigenvalue weighted by Crippen LogP contribution is -2.26. The van der Waals surface area contributed by atoms with Crippen LogP contribution in [0, 0.1) is 0 Å². The molecule has 5 heteroatoms. The fourth-order valence-corrected chi connectivity index (χ4v) is 3.56. The van der Waals surface area contributed by atoms with E-state index in [2.05, 4.69) is 10.7 Å². The highest BCUT2D eigenvalue weighted by molar-refractivity contribution is 7.10. The molecular formula is C14H16Cl2N2S. The molecule has 3 rings (SSSR count). The first-order chi connectivity index (χ1) is 8.84. The number of aromatic nitrogens is 1. The summed E-state index contributed by atoms with van der Waals surface area (Å²) in [5.74, 6) is 0.618. The Morgan fingerprint density at radius 2 is 1.95 bits per heavy atom. The Balaban J connectivity index is 0.00000133. The lowest BCUT2D eigenvalue weighted by molar-refractivity contribution is 0.459. The van der Waals surface area contributed by atoms with Crippen molar-refractivity contribution in [2.24, 2.45) is 0 Å². The van der Waals surface area contributed by atoms with E-state index in [0.717, 1.165) is 29.4 Å². The third kappa shape index (κ3) is 3.29. The first-order valence-electron chi connectivity index (χ1n) is 6.25. The van der Waals surface area contributed by atoms with Gasteiger partial charge in [0.25, 0.3) is 0 Å². The van der Waals surface area contributed by atoms with Crippen molar-refractivity contribution in [3.63, 3.8) is 0 Å². The van der Waals surface area contributed by atoms with Crippen molar-refractivity contribution >= 4 is 35.3 Å². The Morgan fingerprint density at radius 1 is 1.21 bits per heavy atom. The molecule has 0 spiro atoms. The van der Waals surface area contributed by atoms with Crippen LogP contribution >= 0.6 is 35.3 Å². The first kappa shape index (κ1) is 14.8. The minimum absolute atomic E-state index is 0. The van der Waals surface area contributed by atoms with Crippen LogP contribution < -0.4 is 5.32 Å². The third-order valence-corrected chi connectivity index (χ3v) is 4.70. The molecule has 1 aromatic heterocycles. The van der Waals surface area contributed by atoms with Crippen LogP contribution in [0.25, 0.3) is 11.3 Å². The lowest BCUT2D eigenvalue weighted by atomic mass is 9.99. The Hall–Kier alpha value is -0.610. The summed E-state index contributed by atoms with van der Waals surface area (Å²) in [5.41, 5.74) is 2.05. The summed E-state index contributed by atoms with van der Waals surface area (Å²) in [7, 11) is 0. The molecule has 1 aromatic carbocycles. The van der Waals surface area contributed by atoms with Crippen molar-refractivity contribution in [3.8, 4) is 11.3 Å². The van der Waals surface area contributed by atoms with Gasteiger partial charge in [-0.15, -0.1) is 23.7 Å². The molecule has 1 fully saturated rings. The molecule has 0 radical (unpaired) electrons. The number of thiazole rings is 1. The largest absolute Gasteiger partial charge is 0.317 e. The highest BCUT2D eigenvalue weighted by Crippen LogP contribution is 2.33. The Kier molecular flexibility index (Phi) is 5.22. The molecule has 2 nitrogen and oxygen atoms in total. The van der Waals surface area contributed by atoms with Gasteiger partial charge in [-0.05, 0) is 32.0 Å². The summed E-state index contributed by atoms with van der Waals surface area (Å²) < 4.78 is 0. The van der Waals surface area contributed by atoms with Gasteiger partial charge in [0, 0.05) is 21.9 Å². The third-order valence-electron chi connectivity index (χ3n) is 3.36. The maximum Gasteiger partial charge on any atom is 0.0964 e. The van der Waals surface area contributed by atoms with Gasteiger partial charge in [-0.3, -0.25) is 0 Å². The Labute approximate surface area is 128 Å². The summed E-state index contributed by atoms with van der Waals surface area (Å²) in [5, 5.41) is 7.54. The molecule has 1 saturated heterocycles. The van der Waals surface area contributed by atoms with Gasteiger partial charge in [-0.25, -0.2) is 4.98 Å².